The third-order valence-electron chi connectivity index (χ3n) is 5.46. The lowest BCUT2D eigenvalue weighted by atomic mass is 9.95. The van der Waals surface area contributed by atoms with Crippen LogP contribution in [0.4, 0.5) is 26.2 Å². The van der Waals surface area contributed by atoms with Gasteiger partial charge in [-0.05, 0) is 60.9 Å². The lowest BCUT2D eigenvalue weighted by Gasteiger charge is -2.11. The number of anilines is 3. The molecule has 166 valence electrons. The largest absolute Gasteiger partial charge is 0.481 e. The molecule has 1 fully saturated rings. The molecule has 0 radical (unpaired) electrons. The van der Waals surface area contributed by atoms with E-state index in [0.717, 1.165) is 30.9 Å². The molecule has 3 N–H and O–H groups in total. The SMILES string of the molecule is O=C(O)CC1CC[C@@H](c2ccc(NC(=O)c3nnc(Nc4cccc(F)c4F)o3)cc2)C1. The quantitative estimate of drug-likeness (QED) is 0.485. The molecule has 1 aromatic heterocycles. The average molecular weight is 442 g/mol. The maximum absolute atomic E-state index is 13.7. The molecule has 1 amide bonds. The van der Waals surface area contributed by atoms with Crippen molar-refractivity contribution in [1.29, 1.82) is 0 Å². The molecule has 1 unspecified atom stereocenters. The Labute approximate surface area is 181 Å². The monoisotopic (exact) mass is 442 g/mol. The van der Waals surface area contributed by atoms with Crippen molar-refractivity contribution in [1.82, 2.24) is 10.2 Å². The summed E-state index contributed by atoms with van der Waals surface area (Å²) in [6.45, 7) is 0. The molecule has 2 atom stereocenters. The summed E-state index contributed by atoms with van der Waals surface area (Å²) in [6, 6.07) is 10.6. The van der Waals surface area contributed by atoms with Gasteiger partial charge in [-0.2, -0.15) is 0 Å². The van der Waals surface area contributed by atoms with E-state index in [1.165, 1.54) is 12.1 Å². The minimum Gasteiger partial charge on any atom is -0.481 e. The van der Waals surface area contributed by atoms with Crippen LogP contribution in [0.25, 0.3) is 0 Å². The lowest BCUT2D eigenvalue weighted by molar-refractivity contribution is -0.138. The maximum Gasteiger partial charge on any atom is 0.320 e. The Balaban J connectivity index is 1.35. The van der Waals surface area contributed by atoms with Gasteiger partial charge in [0.05, 0.1) is 5.69 Å². The van der Waals surface area contributed by atoms with Crippen LogP contribution in [0.15, 0.2) is 46.9 Å². The number of benzene rings is 2. The summed E-state index contributed by atoms with van der Waals surface area (Å²) in [5, 5.41) is 21.3. The van der Waals surface area contributed by atoms with Gasteiger partial charge in [0.2, 0.25) is 0 Å². The fourth-order valence-corrected chi connectivity index (χ4v) is 3.91. The Morgan fingerprint density at radius 1 is 1.09 bits per heavy atom. The van der Waals surface area contributed by atoms with Crippen LogP contribution in [0.2, 0.25) is 0 Å². The molecule has 0 bridgehead atoms. The number of hydrogen-bond acceptors (Lipinski definition) is 6. The molecule has 1 saturated carbocycles. The Bertz CT molecular complexity index is 1130. The molecule has 3 aromatic rings. The summed E-state index contributed by atoms with van der Waals surface area (Å²) in [4.78, 5) is 23.3. The number of amides is 1. The molecule has 0 aliphatic heterocycles. The molecule has 0 spiro atoms. The summed E-state index contributed by atoms with van der Waals surface area (Å²) in [5.41, 5.74) is 1.41. The summed E-state index contributed by atoms with van der Waals surface area (Å²) >= 11 is 0. The minimum atomic E-state index is -1.10. The number of carbonyl (C=O) groups is 2. The Morgan fingerprint density at radius 2 is 1.88 bits per heavy atom. The first kappa shape index (κ1) is 21.4. The molecular formula is C22H20F2N4O4. The zero-order valence-electron chi connectivity index (χ0n) is 16.8. The van der Waals surface area contributed by atoms with Crippen LogP contribution in [-0.4, -0.2) is 27.2 Å². The highest BCUT2D eigenvalue weighted by Gasteiger charge is 2.27. The van der Waals surface area contributed by atoms with E-state index in [0.29, 0.717) is 11.6 Å². The van der Waals surface area contributed by atoms with E-state index >= 15 is 0 Å². The molecule has 10 heteroatoms. The number of carboxylic acid groups (broad SMARTS) is 1. The van der Waals surface area contributed by atoms with Crippen LogP contribution < -0.4 is 10.6 Å². The number of nitrogens with one attached hydrogen (secondary N) is 2. The van der Waals surface area contributed by atoms with Gasteiger partial charge < -0.3 is 20.2 Å². The number of rotatable bonds is 7. The molecule has 4 rings (SSSR count). The molecule has 0 saturated heterocycles. The summed E-state index contributed by atoms with van der Waals surface area (Å²) in [6.07, 6.45) is 2.86. The second-order valence-corrected chi connectivity index (χ2v) is 7.69. The first-order valence-corrected chi connectivity index (χ1v) is 10.1. The van der Waals surface area contributed by atoms with Crippen LogP contribution in [0.3, 0.4) is 0 Å². The van der Waals surface area contributed by atoms with Gasteiger partial charge in [-0.15, -0.1) is 5.10 Å². The smallest absolute Gasteiger partial charge is 0.320 e. The van der Waals surface area contributed by atoms with Crippen molar-refractivity contribution in [3.63, 3.8) is 0 Å². The number of carboxylic acids is 1. The second-order valence-electron chi connectivity index (χ2n) is 7.69. The van der Waals surface area contributed by atoms with Gasteiger partial charge in [-0.25, -0.2) is 8.78 Å². The average Bonchev–Trinajstić information content (AvgIpc) is 3.41. The van der Waals surface area contributed by atoms with Crippen molar-refractivity contribution in [3.8, 4) is 0 Å². The maximum atomic E-state index is 13.7. The number of aliphatic carboxylic acids is 1. The van der Waals surface area contributed by atoms with E-state index in [9.17, 15) is 18.4 Å². The van der Waals surface area contributed by atoms with Crippen LogP contribution in [-0.2, 0) is 4.79 Å². The van der Waals surface area contributed by atoms with Crippen LogP contribution in [0.1, 0.15) is 47.8 Å². The van der Waals surface area contributed by atoms with Gasteiger partial charge in [-0.1, -0.05) is 23.3 Å². The Kier molecular flexibility index (Phi) is 6.11. The van der Waals surface area contributed by atoms with E-state index in [1.54, 1.807) is 12.1 Å². The fourth-order valence-electron chi connectivity index (χ4n) is 3.91. The Hall–Kier alpha value is -3.82. The predicted molar refractivity (Wildman–Crippen MR) is 111 cm³/mol. The first-order chi connectivity index (χ1) is 15.4. The van der Waals surface area contributed by atoms with Gasteiger partial charge in [0.15, 0.2) is 11.6 Å². The predicted octanol–water partition coefficient (Wildman–Crippen LogP) is 4.70. The summed E-state index contributed by atoms with van der Waals surface area (Å²) in [5.74, 6) is -3.41. The Morgan fingerprint density at radius 3 is 2.62 bits per heavy atom. The molecule has 8 nitrogen and oxygen atoms in total. The summed E-state index contributed by atoms with van der Waals surface area (Å²) < 4.78 is 32.2. The van der Waals surface area contributed by atoms with E-state index < -0.39 is 23.5 Å². The fraction of sp³-hybridized carbons (Fsp3) is 0.273. The third-order valence-corrected chi connectivity index (χ3v) is 5.46. The number of hydrogen-bond donors (Lipinski definition) is 3. The lowest BCUT2D eigenvalue weighted by Crippen LogP contribution is -2.12. The number of nitrogens with zero attached hydrogens (tertiary/aromatic N) is 2. The zero-order valence-corrected chi connectivity index (χ0v) is 16.8. The highest BCUT2D eigenvalue weighted by molar-refractivity contribution is 6.00. The van der Waals surface area contributed by atoms with E-state index in [1.807, 2.05) is 12.1 Å². The molecular weight excluding hydrogens is 422 g/mol. The standard InChI is InChI=1S/C22H20F2N4O4/c23-16-2-1-3-17(19(16)24)26-22-28-27-21(32-22)20(31)25-15-8-6-13(7-9-15)14-5-4-12(10-14)11-18(29)30/h1-3,6-9,12,14H,4-5,10-11H2,(H,25,31)(H,26,28)(H,29,30)/t12?,14-/m1/s1. The molecule has 1 aliphatic carbocycles. The van der Waals surface area contributed by atoms with E-state index in [-0.39, 0.29) is 29.9 Å². The second kappa shape index (κ2) is 9.13. The number of aromatic nitrogens is 2. The molecule has 1 heterocycles. The number of halogens is 2. The number of carbonyl (C=O) groups excluding carboxylic acids is 1. The molecule has 32 heavy (non-hydrogen) atoms. The zero-order chi connectivity index (χ0) is 22.7. The van der Waals surface area contributed by atoms with Crippen molar-refractivity contribution in [2.24, 2.45) is 5.92 Å². The van der Waals surface area contributed by atoms with Gasteiger partial charge in [0, 0.05) is 12.1 Å². The summed E-state index contributed by atoms with van der Waals surface area (Å²) in [7, 11) is 0. The van der Waals surface area contributed by atoms with Crippen molar-refractivity contribution >= 4 is 29.3 Å². The van der Waals surface area contributed by atoms with E-state index in [4.69, 9.17) is 9.52 Å². The van der Waals surface area contributed by atoms with Crippen molar-refractivity contribution in [3.05, 3.63) is 65.6 Å². The van der Waals surface area contributed by atoms with E-state index in [2.05, 4.69) is 20.8 Å². The third kappa shape index (κ3) is 4.90. The van der Waals surface area contributed by atoms with Gasteiger partial charge in [0.1, 0.15) is 0 Å². The highest BCUT2D eigenvalue weighted by Crippen LogP contribution is 2.40. The van der Waals surface area contributed by atoms with Gasteiger partial charge in [-0.3, -0.25) is 9.59 Å². The van der Waals surface area contributed by atoms with Crippen LogP contribution in [0, 0.1) is 17.6 Å². The topological polar surface area (TPSA) is 117 Å². The van der Waals surface area contributed by atoms with Crippen molar-refractivity contribution in [2.75, 3.05) is 10.6 Å². The van der Waals surface area contributed by atoms with Gasteiger partial charge >= 0.3 is 23.8 Å². The molecule has 2 aromatic carbocycles. The van der Waals surface area contributed by atoms with Crippen molar-refractivity contribution in [2.45, 2.75) is 31.6 Å². The first-order valence-electron chi connectivity index (χ1n) is 10.1. The normalized spacial score (nSPS) is 17.8. The van der Waals surface area contributed by atoms with Crippen LogP contribution >= 0.6 is 0 Å². The van der Waals surface area contributed by atoms with Crippen LogP contribution in [0.5, 0.6) is 0 Å². The van der Waals surface area contributed by atoms with Crippen molar-refractivity contribution < 1.29 is 27.9 Å². The highest BCUT2D eigenvalue weighted by atomic mass is 19.2. The minimum absolute atomic E-state index is 0.192. The van der Waals surface area contributed by atoms with Gasteiger partial charge in [0.25, 0.3) is 0 Å². The molecule has 1 aliphatic rings.